The van der Waals surface area contributed by atoms with Gasteiger partial charge in [0.1, 0.15) is 18.1 Å². The van der Waals surface area contributed by atoms with Gasteiger partial charge in [-0.1, -0.05) is 30.3 Å². The van der Waals surface area contributed by atoms with Crippen LogP contribution in [0, 0.1) is 0 Å². The van der Waals surface area contributed by atoms with E-state index in [-0.39, 0.29) is 11.8 Å². The maximum atomic E-state index is 11.9. The standard InChI is InChI=1S/C15H20N4O3S/c1-2-8-23(20,21)18-10-14(11-18)19-9-13(16-17-19)12-22-15-6-4-3-5-7-15/h3-7,9,14H,2,8,10-12H2,1H3. The molecule has 0 unspecified atom stereocenters. The van der Waals surface area contributed by atoms with Crippen molar-refractivity contribution >= 4 is 10.0 Å². The lowest BCUT2D eigenvalue weighted by atomic mass is 10.2. The highest BCUT2D eigenvalue weighted by atomic mass is 32.2. The fraction of sp³-hybridized carbons (Fsp3) is 0.467. The van der Waals surface area contributed by atoms with Crippen LogP contribution in [0.3, 0.4) is 0 Å². The third-order valence-electron chi connectivity index (χ3n) is 3.75. The molecule has 1 aromatic heterocycles. The Morgan fingerprint density at radius 1 is 1.26 bits per heavy atom. The van der Waals surface area contributed by atoms with Crippen LogP contribution < -0.4 is 4.74 Å². The normalized spacial score (nSPS) is 16.2. The molecule has 3 rings (SSSR count). The number of nitrogens with zero attached hydrogens (tertiary/aromatic N) is 4. The van der Waals surface area contributed by atoms with Gasteiger partial charge in [0, 0.05) is 13.1 Å². The Bertz CT molecular complexity index is 739. The van der Waals surface area contributed by atoms with E-state index in [4.69, 9.17) is 4.74 Å². The summed E-state index contributed by atoms with van der Waals surface area (Å²) in [6.07, 6.45) is 2.45. The number of hydrogen-bond acceptors (Lipinski definition) is 5. The maximum absolute atomic E-state index is 11.9. The van der Waals surface area contributed by atoms with E-state index in [1.807, 2.05) is 43.5 Å². The van der Waals surface area contributed by atoms with Gasteiger partial charge in [0.15, 0.2) is 0 Å². The summed E-state index contributed by atoms with van der Waals surface area (Å²) >= 11 is 0. The summed E-state index contributed by atoms with van der Waals surface area (Å²) in [5.41, 5.74) is 0.726. The summed E-state index contributed by atoms with van der Waals surface area (Å²) in [7, 11) is -3.11. The van der Waals surface area contributed by atoms with Gasteiger partial charge in [0.2, 0.25) is 10.0 Å². The predicted molar refractivity (Wildman–Crippen MR) is 85.5 cm³/mol. The molecule has 0 N–H and O–H groups in total. The monoisotopic (exact) mass is 336 g/mol. The van der Waals surface area contributed by atoms with Crippen molar-refractivity contribution in [1.82, 2.24) is 19.3 Å². The molecule has 1 saturated heterocycles. The number of ether oxygens (including phenoxy) is 1. The van der Waals surface area contributed by atoms with Crippen molar-refractivity contribution in [2.75, 3.05) is 18.8 Å². The Morgan fingerprint density at radius 3 is 2.70 bits per heavy atom. The Kier molecular flexibility index (Phi) is 4.63. The average molecular weight is 336 g/mol. The molecule has 0 atom stereocenters. The first-order valence-electron chi connectivity index (χ1n) is 7.65. The molecule has 1 fully saturated rings. The van der Waals surface area contributed by atoms with Gasteiger partial charge < -0.3 is 4.74 Å². The summed E-state index contributed by atoms with van der Waals surface area (Å²) in [4.78, 5) is 0. The molecule has 1 aromatic carbocycles. The van der Waals surface area contributed by atoms with E-state index in [1.54, 1.807) is 4.68 Å². The minimum absolute atomic E-state index is 0.0552. The van der Waals surface area contributed by atoms with Gasteiger partial charge in [-0.25, -0.2) is 13.1 Å². The second-order valence-corrected chi connectivity index (χ2v) is 7.67. The molecular formula is C15H20N4O3S. The molecule has 0 saturated carbocycles. The minimum atomic E-state index is -3.11. The van der Waals surface area contributed by atoms with Gasteiger partial charge in [-0.3, -0.25) is 0 Å². The first-order chi connectivity index (χ1) is 11.1. The Morgan fingerprint density at radius 2 is 2.00 bits per heavy atom. The van der Waals surface area contributed by atoms with Gasteiger partial charge in [0.25, 0.3) is 0 Å². The molecule has 0 amide bonds. The number of rotatable bonds is 7. The van der Waals surface area contributed by atoms with Gasteiger partial charge in [0.05, 0.1) is 18.0 Å². The van der Waals surface area contributed by atoms with E-state index >= 15 is 0 Å². The summed E-state index contributed by atoms with van der Waals surface area (Å²) < 4.78 is 32.7. The van der Waals surface area contributed by atoms with E-state index in [0.29, 0.717) is 26.1 Å². The third kappa shape index (κ3) is 3.70. The fourth-order valence-corrected chi connectivity index (χ4v) is 4.00. The van der Waals surface area contributed by atoms with Crippen molar-refractivity contribution in [1.29, 1.82) is 0 Å². The lowest BCUT2D eigenvalue weighted by Crippen LogP contribution is -2.51. The van der Waals surface area contributed by atoms with Gasteiger partial charge in [-0.05, 0) is 18.6 Å². The number of sulfonamides is 1. The first kappa shape index (κ1) is 15.9. The third-order valence-corrected chi connectivity index (χ3v) is 5.76. The van der Waals surface area contributed by atoms with E-state index in [0.717, 1.165) is 11.4 Å². The molecule has 124 valence electrons. The molecule has 8 heteroatoms. The van der Waals surface area contributed by atoms with E-state index in [2.05, 4.69) is 10.3 Å². The maximum Gasteiger partial charge on any atom is 0.214 e. The lowest BCUT2D eigenvalue weighted by molar-refractivity contribution is 0.189. The van der Waals surface area contributed by atoms with Crippen LogP contribution in [0.15, 0.2) is 36.5 Å². The van der Waals surface area contributed by atoms with Crippen LogP contribution in [0.1, 0.15) is 25.1 Å². The summed E-state index contributed by atoms with van der Waals surface area (Å²) in [5, 5.41) is 8.16. The number of aromatic nitrogens is 3. The second-order valence-electron chi connectivity index (χ2n) is 5.58. The van der Waals surface area contributed by atoms with E-state index in [9.17, 15) is 8.42 Å². The van der Waals surface area contributed by atoms with Crippen molar-refractivity contribution in [2.45, 2.75) is 26.0 Å². The van der Waals surface area contributed by atoms with Crippen LogP contribution in [-0.4, -0.2) is 46.6 Å². The smallest absolute Gasteiger partial charge is 0.214 e. The molecule has 1 aliphatic heterocycles. The van der Waals surface area contributed by atoms with Crippen LogP contribution in [0.25, 0.3) is 0 Å². The highest BCUT2D eigenvalue weighted by Crippen LogP contribution is 2.24. The fourth-order valence-electron chi connectivity index (χ4n) is 2.43. The van der Waals surface area contributed by atoms with Crippen LogP contribution in [0.5, 0.6) is 5.75 Å². The zero-order chi connectivity index (χ0) is 16.3. The molecule has 23 heavy (non-hydrogen) atoms. The molecule has 0 aliphatic carbocycles. The molecular weight excluding hydrogens is 316 g/mol. The van der Waals surface area contributed by atoms with Crippen molar-refractivity contribution in [2.24, 2.45) is 0 Å². The first-order valence-corrected chi connectivity index (χ1v) is 9.26. The largest absolute Gasteiger partial charge is 0.487 e. The van der Waals surface area contributed by atoms with Crippen LogP contribution in [0.4, 0.5) is 0 Å². The van der Waals surface area contributed by atoms with E-state index in [1.165, 1.54) is 4.31 Å². The SMILES string of the molecule is CCCS(=O)(=O)N1CC(n2cc(COc3ccccc3)nn2)C1. The Hall–Kier alpha value is -1.93. The van der Waals surface area contributed by atoms with Crippen LogP contribution >= 0.6 is 0 Å². The van der Waals surface area contributed by atoms with Gasteiger partial charge >= 0.3 is 0 Å². The highest BCUT2D eigenvalue weighted by molar-refractivity contribution is 7.89. The molecule has 0 spiro atoms. The lowest BCUT2D eigenvalue weighted by Gasteiger charge is -2.37. The summed E-state index contributed by atoms with van der Waals surface area (Å²) in [6.45, 7) is 3.13. The quantitative estimate of drug-likeness (QED) is 0.765. The highest BCUT2D eigenvalue weighted by Gasteiger charge is 2.36. The number of hydrogen-bond donors (Lipinski definition) is 0. The van der Waals surface area contributed by atoms with Crippen molar-refractivity contribution in [3.63, 3.8) is 0 Å². The zero-order valence-corrected chi connectivity index (χ0v) is 13.8. The van der Waals surface area contributed by atoms with E-state index < -0.39 is 10.0 Å². The van der Waals surface area contributed by atoms with Crippen LogP contribution in [-0.2, 0) is 16.6 Å². The Balaban J connectivity index is 1.53. The Labute approximate surface area is 135 Å². The molecule has 2 heterocycles. The van der Waals surface area contributed by atoms with Gasteiger partial charge in [-0.2, -0.15) is 4.31 Å². The summed E-state index contributed by atoms with van der Waals surface area (Å²) in [5.74, 6) is 0.982. The van der Waals surface area contributed by atoms with Crippen molar-refractivity contribution in [3.05, 3.63) is 42.2 Å². The molecule has 7 nitrogen and oxygen atoms in total. The zero-order valence-electron chi connectivity index (χ0n) is 13.0. The second kappa shape index (κ2) is 6.67. The molecule has 0 bridgehead atoms. The molecule has 0 radical (unpaired) electrons. The molecule has 1 aliphatic rings. The average Bonchev–Trinajstić information content (AvgIpc) is 2.93. The topological polar surface area (TPSA) is 77.3 Å². The predicted octanol–water partition coefficient (Wildman–Crippen LogP) is 1.45. The van der Waals surface area contributed by atoms with Crippen LogP contribution in [0.2, 0.25) is 0 Å². The number of para-hydroxylation sites is 1. The minimum Gasteiger partial charge on any atom is -0.487 e. The summed E-state index contributed by atoms with van der Waals surface area (Å²) in [6, 6.07) is 9.56. The number of benzene rings is 1. The molecule has 2 aromatic rings. The van der Waals surface area contributed by atoms with Crippen molar-refractivity contribution in [3.8, 4) is 5.75 Å². The van der Waals surface area contributed by atoms with Crippen molar-refractivity contribution < 1.29 is 13.2 Å². The van der Waals surface area contributed by atoms with Gasteiger partial charge in [-0.15, -0.1) is 5.10 Å².